The molecule has 0 saturated heterocycles. The van der Waals surface area contributed by atoms with Crippen LogP contribution >= 0.6 is 0 Å². The van der Waals surface area contributed by atoms with Crippen molar-refractivity contribution in [3.8, 4) is 153 Å². The fourth-order valence-electron chi connectivity index (χ4n) is 19.5. The van der Waals surface area contributed by atoms with Crippen molar-refractivity contribution in [2.24, 2.45) is 0 Å². The third kappa shape index (κ3) is 16.4. The second kappa shape index (κ2) is 36.6. The summed E-state index contributed by atoms with van der Waals surface area (Å²) in [6.07, 6.45) is 0. The van der Waals surface area contributed by atoms with E-state index in [4.69, 9.17) is 44.9 Å². The first kappa shape index (κ1) is 83.6. The lowest BCUT2D eigenvalue weighted by Crippen LogP contribution is -2.01. The predicted octanol–water partition coefficient (Wildman–Crippen LogP) is 32.4. The zero-order chi connectivity index (χ0) is 93.5. The highest BCUT2D eigenvalue weighted by Gasteiger charge is 2.22. The van der Waals surface area contributed by atoms with E-state index in [9.17, 15) is 0 Å². The Morgan fingerprint density at radius 3 is 0.603 bits per heavy atom. The fraction of sp³-hybridized carbons (Fsp3) is 0. The third-order valence-electron chi connectivity index (χ3n) is 26.5. The van der Waals surface area contributed by atoms with E-state index < -0.39 is 0 Å². The van der Waals surface area contributed by atoms with Crippen LogP contribution < -0.4 is 0 Å². The highest BCUT2D eigenvalue weighted by molar-refractivity contribution is 6.12. The van der Waals surface area contributed by atoms with Gasteiger partial charge in [-0.15, -0.1) is 0 Å². The lowest BCUT2D eigenvalue weighted by Gasteiger charge is -2.12. The number of fused-ring (bicyclic) bond motifs is 12. The molecule has 0 bridgehead atoms. The molecule has 27 rings (SSSR count). The van der Waals surface area contributed by atoms with E-state index in [2.05, 4.69) is 432 Å². The first-order valence-corrected chi connectivity index (χ1v) is 47.4. The highest BCUT2D eigenvalue weighted by Crippen LogP contribution is 2.41. The quantitative estimate of drug-likeness (QED) is 0.0984. The fourth-order valence-corrected chi connectivity index (χ4v) is 19.5. The number of hydrogen-bond donors (Lipinski definition) is 0. The van der Waals surface area contributed by atoms with Gasteiger partial charge in [-0.25, -0.2) is 44.9 Å². The SMILES string of the molecule is c1ccc(-c2nc(-c3ccc(-c4ccc5ccccc5c4)cc3)nc(-c3ccc(-n4c5ccccc5c5ccccc54)cc3)n2)cc1.c1ccc(-c2nc(-c3ccc(-c4ccc5ccccc5c4)cc3)nc(-c3cccc(-n4c5ccccc5c5ccccc54)c3)n2)cc1.c1ccc(-c2nc(-c3ccc(-n4c5ccccc5c5ccccc54)cc3)nc(-c3cccc(-c4ccc5ccccc5c4)c3)n2)cc1. The van der Waals surface area contributed by atoms with Gasteiger partial charge in [-0.1, -0.05) is 388 Å². The van der Waals surface area contributed by atoms with Crippen molar-refractivity contribution in [3.63, 3.8) is 0 Å². The highest BCUT2D eigenvalue weighted by atomic mass is 15.1. The molecular weight excluding hydrogens is 1720 g/mol. The van der Waals surface area contributed by atoms with E-state index in [0.717, 1.165) is 89.4 Å². The van der Waals surface area contributed by atoms with E-state index in [1.165, 1.54) is 109 Å². The van der Waals surface area contributed by atoms with Gasteiger partial charge in [-0.05, 0) is 187 Å². The second-order valence-electron chi connectivity index (χ2n) is 35.2. The van der Waals surface area contributed by atoms with E-state index in [0.29, 0.717) is 52.4 Å². The molecule has 0 unspecified atom stereocenters. The molecule has 12 heteroatoms. The van der Waals surface area contributed by atoms with E-state index in [1.807, 2.05) is 91.0 Å². The summed E-state index contributed by atoms with van der Waals surface area (Å²) in [4.78, 5) is 45.0. The van der Waals surface area contributed by atoms with Crippen LogP contribution in [0.4, 0.5) is 0 Å². The van der Waals surface area contributed by atoms with Crippen molar-refractivity contribution < 1.29 is 0 Å². The van der Waals surface area contributed by atoms with Gasteiger partial charge < -0.3 is 13.7 Å². The molecule has 0 N–H and O–H groups in total. The maximum absolute atomic E-state index is 5.06. The molecule has 6 heterocycles. The Kier molecular flexibility index (Phi) is 21.7. The Morgan fingerprint density at radius 2 is 0.298 bits per heavy atom. The van der Waals surface area contributed by atoms with Gasteiger partial charge in [0.2, 0.25) is 0 Å². The van der Waals surface area contributed by atoms with Crippen molar-refractivity contribution in [3.05, 3.63) is 510 Å². The Hall–Kier alpha value is -19.2. The number of benzene rings is 21. The van der Waals surface area contributed by atoms with Gasteiger partial charge in [0.25, 0.3) is 0 Å². The molecule has 0 amide bonds. The summed E-state index contributed by atoms with van der Waals surface area (Å²) in [5.41, 5.74) is 25.7. The molecule has 0 spiro atoms. The zero-order valence-electron chi connectivity index (χ0n) is 76.4. The number of nitrogens with zero attached hydrogens (tertiary/aromatic N) is 12. The maximum Gasteiger partial charge on any atom is 0.164 e. The summed E-state index contributed by atoms with van der Waals surface area (Å²) in [6, 6.07) is 178. The van der Waals surface area contributed by atoms with Crippen molar-refractivity contribution in [2.75, 3.05) is 0 Å². The molecule has 0 atom stereocenters. The lowest BCUT2D eigenvalue weighted by molar-refractivity contribution is 1.07. The number of hydrogen-bond acceptors (Lipinski definition) is 9. The summed E-state index contributed by atoms with van der Waals surface area (Å²) >= 11 is 0. The maximum atomic E-state index is 5.06. The number of aromatic nitrogens is 12. The third-order valence-corrected chi connectivity index (χ3v) is 26.5. The minimum Gasteiger partial charge on any atom is -0.309 e. The predicted molar refractivity (Wildman–Crippen MR) is 580 cm³/mol. The number of rotatable bonds is 15. The molecule has 21 aromatic carbocycles. The molecular formula is C129H84N12. The minimum absolute atomic E-state index is 0.634. The molecule has 6 aromatic heterocycles. The van der Waals surface area contributed by atoms with Crippen LogP contribution in [0.15, 0.2) is 510 Å². The molecule has 0 fully saturated rings. The standard InChI is InChI=1S/3C43H28N4/c1-2-12-31(13-3-1)41-44-42(32-24-21-30(22-25-32)34-26-23-29-11-4-5-14-33(29)27-34)46-43(45-41)35-15-10-16-36(28-35)47-39-19-8-6-17-37(39)38-18-7-9-20-40(38)47;1-2-12-30(13-3-1)41-44-42(31-23-25-36(26-24-31)47-39-19-8-6-17-37(39)38-18-7-9-20-40(38)47)46-43(45-41)35-16-10-15-33(28-35)34-22-21-29-11-4-5-14-32(29)27-34;1-2-11-31(12-3-1)41-44-42(32-21-18-30(19-22-32)35-23-20-29-10-4-5-13-34(29)28-35)46-43(45-41)33-24-26-36(27-25-33)47-39-16-8-6-14-37(39)38-15-7-9-17-40(38)47/h3*1-28H. The van der Waals surface area contributed by atoms with E-state index in [1.54, 1.807) is 0 Å². The Labute approximate surface area is 813 Å². The molecule has 12 nitrogen and oxygen atoms in total. The average Bonchev–Trinajstić information content (AvgIpc) is 1.61. The van der Waals surface area contributed by atoms with Crippen LogP contribution in [0.5, 0.6) is 0 Å². The first-order chi connectivity index (χ1) is 69.8. The monoisotopic (exact) mass is 1800 g/mol. The van der Waals surface area contributed by atoms with E-state index >= 15 is 0 Å². The van der Waals surface area contributed by atoms with Crippen molar-refractivity contribution in [1.82, 2.24) is 58.6 Å². The normalized spacial score (nSPS) is 11.4. The van der Waals surface area contributed by atoms with E-state index in [-0.39, 0.29) is 0 Å². The smallest absolute Gasteiger partial charge is 0.164 e. The number of para-hydroxylation sites is 6. The van der Waals surface area contributed by atoms with Gasteiger partial charge in [-0.3, -0.25) is 0 Å². The minimum atomic E-state index is 0.634. The van der Waals surface area contributed by atoms with Crippen LogP contribution in [0.2, 0.25) is 0 Å². The van der Waals surface area contributed by atoms with Gasteiger partial charge in [0, 0.05) is 99.5 Å². The molecule has 0 aliphatic heterocycles. The first-order valence-electron chi connectivity index (χ1n) is 47.4. The Bertz CT molecular complexity index is 9250. The van der Waals surface area contributed by atoms with Gasteiger partial charge in [0.15, 0.2) is 52.4 Å². The average molecular weight is 1800 g/mol. The van der Waals surface area contributed by atoms with Gasteiger partial charge >= 0.3 is 0 Å². The van der Waals surface area contributed by atoms with Crippen molar-refractivity contribution in [1.29, 1.82) is 0 Å². The second-order valence-corrected chi connectivity index (χ2v) is 35.2. The molecule has 0 aliphatic rings. The van der Waals surface area contributed by atoms with Crippen LogP contribution in [-0.2, 0) is 0 Å². The van der Waals surface area contributed by atoms with Crippen LogP contribution in [0.25, 0.3) is 251 Å². The molecule has 0 aliphatic carbocycles. The summed E-state index contributed by atoms with van der Waals surface area (Å²) in [7, 11) is 0. The van der Waals surface area contributed by atoms with Crippen LogP contribution in [-0.4, -0.2) is 58.6 Å². The van der Waals surface area contributed by atoms with Gasteiger partial charge in [0.1, 0.15) is 0 Å². The molecule has 27 aromatic rings. The zero-order valence-corrected chi connectivity index (χ0v) is 76.4. The molecule has 660 valence electrons. The van der Waals surface area contributed by atoms with Gasteiger partial charge in [-0.2, -0.15) is 0 Å². The van der Waals surface area contributed by atoms with Crippen LogP contribution in [0.1, 0.15) is 0 Å². The van der Waals surface area contributed by atoms with Crippen LogP contribution in [0.3, 0.4) is 0 Å². The topological polar surface area (TPSA) is 131 Å². The Balaban J connectivity index is 0.000000111. The largest absolute Gasteiger partial charge is 0.309 e. The van der Waals surface area contributed by atoms with Gasteiger partial charge in [0.05, 0.1) is 33.1 Å². The molecule has 0 saturated carbocycles. The van der Waals surface area contributed by atoms with Crippen molar-refractivity contribution in [2.45, 2.75) is 0 Å². The molecule has 0 radical (unpaired) electrons. The molecule has 141 heavy (non-hydrogen) atoms. The summed E-state index contributed by atoms with van der Waals surface area (Å²) < 4.78 is 6.96. The Morgan fingerprint density at radius 1 is 0.106 bits per heavy atom. The lowest BCUT2D eigenvalue weighted by atomic mass is 9.99. The summed E-state index contributed by atoms with van der Waals surface area (Å²) in [6.45, 7) is 0. The van der Waals surface area contributed by atoms with Crippen molar-refractivity contribution >= 4 is 97.7 Å². The van der Waals surface area contributed by atoms with Crippen LogP contribution in [0, 0.1) is 0 Å². The summed E-state index contributed by atoms with van der Waals surface area (Å²) in [5.74, 6) is 5.78. The summed E-state index contributed by atoms with van der Waals surface area (Å²) in [5, 5.41) is 14.8.